The summed E-state index contributed by atoms with van der Waals surface area (Å²) < 4.78 is 13.0. The highest BCUT2D eigenvalue weighted by Gasteiger charge is 2.43. The molecular weight excluding hydrogens is 323 g/mol. The van der Waals surface area contributed by atoms with Gasteiger partial charge in [-0.1, -0.05) is 19.1 Å². The number of nitrogens with zero attached hydrogens (tertiary/aromatic N) is 1. The number of halogens is 1. The lowest BCUT2D eigenvalue weighted by Crippen LogP contribution is -2.50. The number of carbonyl (C=O) groups is 2. The van der Waals surface area contributed by atoms with E-state index in [1.807, 2.05) is 6.92 Å². The van der Waals surface area contributed by atoms with Crippen LogP contribution in [0, 0.1) is 23.1 Å². The van der Waals surface area contributed by atoms with Gasteiger partial charge in [-0.25, -0.2) is 9.18 Å². The molecule has 2 aliphatic rings. The summed E-state index contributed by atoms with van der Waals surface area (Å²) in [5, 5.41) is 12.2. The van der Waals surface area contributed by atoms with Gasteiger partial charge in [0, 0.05) is 19.6 Å². The van der Waals surface area contributed by atoms with Crippen molar-refractivity contribution in [3.05, 3.63) is 35.6 Å². The molecule has 1 aliphatic heterocycles. The summed E-state index contributed by atoms with van der Waals surface area (Å²) in [7, 11) is 0. The van der Waals surface area contributed by atoms with Crippen molar-refractivity contribution in [2.45, 2.75) is 32.6 Å². The molecule has 1 heterocycles. The summed E-state index contributed by atoms with van der Waals surface area (Å²) >= 11 is 0. The fourth-order valence-electron chi connectivity index (χ4n) is 3.70. The smallest absolute Gasteiger partial charge is 0.317 e. The van der Waals surface area contributed by atoms with Crippen LogP contribution in [0.2, 0.25) is 0 Å². The first-order valence-corrected chi connectivity index (χ1v) is 8.87. The van der Waals surface area contributed by atoms with E-state index in [2.05, 4.69) is 5.32 Å². The van der Waals surface area contributed by atoms with Gasteiger partial charge in [0.15, 0.2) is 0 Å². The maximum atomic E-state index is 13.0. The number of likely N-dealkylation sites (tertiary alicyclic amines) is 1. The predicted molar refractivity (Wildman–Crippen MR) is 91.6 cm³/mol. The van der Waals surface area contributed by atoms with Crippen LogP contribution >= 0.6 is 0 Å². The van der Waals surface area contributed by atoms with E-state index in [1.54, 1.807) is 17.0 Å². The van der Waals surface area contributed by atoms with Gasteiger partial charge in [-0.05, 0) is 54.7 Å². The first kappa shape index (κ1) is 17.7. The Labute approximate surface area is 147 Å². The Balaban J connectivity index is 1.53. The number of benzene rings is 1. The average molecular weight is 348 g/mol. The number of carbonyl (C=O) groups excluding carboxylic acids is 1. The molecule has 1 aliphatic carbocycles. The Morgan fingerprint density at radius 3 is 2.56 bits per heavy atom. The van der Waals surface area contributed by atoms with Crippen LogP contribution in [0.15, 0.2) is 24.3 Å². The van der Waals surface area contributed by atoms with Gasteiger partial charge >= 0.3 is 12.0 Å². The number of carboxylic acid groups (broad SMARTS) is 1. The second-order valence-electron chi connectivity index (χ2n) is 7.74. The van der Waals surface area contributed by atoms with Crippen LogP contribution in [0.25, 0.3) is 0 Å². The highest BCUT2D eigenvalue weighted by atomic mass is 19.1. The van der Waals surface area contributed by atoms with Crippen LogP contribution in [-0.4, -0.2) is 41.6 Å². The number of aliphatic carboxylic acids is 1. The summed E-state index contributed by atoms with van der Waals surface area (Å²) in [6.45, 7) is 3.43. The van der Waals surface area contributed by atoms with Crippen LogP contribution in [0.3, 0.4) is 0 Å². The van der Waals surface area contributed by atoms with Crippen LogP contribution in [0.4, 0.5) is 9.18 Å². The molecule has 2 unspecified atom stereocenters. The molecule has 5 nitrogen and oxygen atoms in total. The van der Waals surface area contributed by atoms with Gasteiger partial charge in [-0.15, -0.1) is 0 Å². The van der Waals surface area contributed by atoms with E-state index in [4.69, 9.17) is 0 Å². The maximum Gasteiger partial charge on any atom is 0.317 e. The van der Waals surface area contributed by atoms with Gasteiger partial charge in [-0.3, -0.25) is 4.79 Å². The van der Waals surface area contributed by atoms with E-state index in [1.165, 1.54) is 12.1 Å². The van der Waals surface area contributed by atoms with Gasteiger partial charge in [0.05, 0.1) is 5.92 Å². The van der Waals surface area contributed by atoms with E-state index in [0.29, 0.717) is 19.5 Å². The number of nitrogens with one attached hydrogen (secondary N) is 1. The van der Waals surface area contributed by atoms with Crippen LogP contribution in [0.1, 0.15) is 31.7 Å². The number of carboxylic acids is 1. The number of piperidine rings is 1. The van der Waals surface area contributed by atoms with Crippen molar-refractivity contribution in [1.29, 1.82) is 0 Å². The molecule has 0 radical (unpaired) electrons. The van der Waals surface area contributed by atoms with Crippen molar-refractivity contribution in [3.8, 4) is 0 Å². The minimum Gasteiger partial charge on any atom is -0.481 e. The number of hydrogen-bond donors (Lipinski definition) is 2. The van der Waals surface area contributed by atoms with Crippen molar-refractivity contribution < 1.29 is 19.1 Å². The van der Waals surface area contributed by atoms with Crippen LogP contribution in [0.5, 0.6) is 0 Å². The molecule has 2 atom stereocenters. The van der Waals surface area contributed by atoms with Crippen LogP contribution < -0.4 is 5.32 Å². The molecule has 1 saturated heterocycles. The molecule has 1 aromatic carbocycles. The van der Waals surface area contributed by atoms with Gasteiger partial charge < -0.3 is 15.3 Å². The SMILES string of the molecule is CC1CC(C(=O)O)CN(C(=O)NCC2(Cc3ccc(F)cc3)CC2)C1. The standard InChI is InChI=1S/C19H25FN2O3/c1-13-8-15(17(23)24)11-22(10-13)18(25)21-12-19(6-7-19)9-14-2-4-16(20)5-3-14/h2-5,13,15H,6-12H2,1H3,(H,21,25)(H,23,24). The zero-order valence-electron chi connectivity index (χ0n) is 14.5. The second kappa shape index (κ2) is 7.02. The Morgan fingerprint density at radius 2 is 1.96 bits per heavy atom. The van der Waals surface area contributed by atoms with Gasteiger partial charge in [0.25, 0.3) is 0 Å². The molecular formula is C19H25FN2O3. The first-order valence-electron chi connectivity index (χ1n) is 8.87. The Hall–Kier alpha value is -2.11. The molecule has 136 valence electrons. The predicted octanol–water partition coefficient (Wildman–Crippen LogP) is 2.90. The van der Waals surface area contributed by atoms with Gasteiger partial charge in [-0.2, -0.15) is 0 Å². The fourth-order valence-corrected chi connectivity index (χ4v) is 3.70. The lowest BCUT2D eigenvalue weighted by atomic mass is 9.91. The van der Waals surface area contributed by atoms with E-state index >= 15 is 0 Å². The van der Waals surface area contributed by atoms with Crippen molar-refractivity contribution in [1.82, 2.24) is 10.2 Å². The van der Waals surface area contributed by atoms with Crippen molar-refractivity contribution in [2.24, 2.45) is 17.3 Å². The Bertz CT molecular complexity index is 643. The number of hydrogen-bond acceptors (Lipinski definition) is 2. The number of rotatable bonds is 5. The van der Waals surface area contributed by atoms with E-state index in [-0.39, 0.29) is 29.7 Å². The third-order valence-corrected chi connectivity index (χ3v) is 5.36. The molecule has 1 aromatic rings. The minimum absolute atomic E-state index is 0.0566. The highest BCUT2D eigenvalue weighted by Crippen LogP contribution is 2.47. The summed E-state index contributed by atoms with van der Waals surface area (Å²) in [6, 6.07) is 6.33. The van der Waals surface area contributed by atoms with E-state index in [9.17, 15) is 19.1 Å². The van der Waals surface area contributed by atoms with Gasteiger partial charge in [0.1, 0.15) is 5.82 Å². The summed E-state index contributed by atoms with van der Waals surface area (Å²) in [5.41, 5.74) is 1.13. The summed E-state index contributed by atoms with van der Waals surface area (Å²) in [4.78, 5) is 25.3. The molecule has 1 saturated carbocycles. The molecule has 25 heavy (non-hydrogen) atoms. The van der Waals surface area contributed by atoms with Crippen molar-refractivity contribution >= 4 is 12.0 Å². The summed E-state index contributed by atoms with van der Waals surface area (Å²) in [6.07, 6.45) is 3.52. The molecule has 3 rings (SSSR count). The molecule has 0 bridgehead atoms. The van der Waals surface area contributed by atoms with Gasteiger partial charge in [0.2, 0.25) is 0 Å². The maximum absolute atomic E-state index is 13.0. The minimum atomic E-state index is -0.834. The number of urea groups is 1. The average Bonchev–Trinajstić information content (AvgIpc) is 3.34. The fraction of sp³-hybridized carbons (Fsp3) is 0.579. The quantitative estimate of drug-likeness (QED) is 0.860. The lowest BCUT2D eigenvalue weighted by molar-refractivity contribution is -0.143. The zero-order chi connectivity index (χ0) is 18.0. The number of amides is 2. The largest absolute Gasteiger partial charge is 0.481 e. The third-order valence-electron chi connectivity index (χ3n) is 5.36. The van der Waals surface area contributed by atoms with Crippen LogP contribution in [-0.2, 0) is 11.2 Å². The summed E-state index contributed by atoms with van der Waals surface area (Å²) in [5.74, 6) is -1.37. The first-order chi connectivity index (χ1) is 11.9. The monoisotopic (exact) mass is 348 g/mol. The Kier molecular flexibility index (Phi) is 4.97. The lowest BCUT2D eigenvalue weighted by Gasteiger charge is -2.35. The normalized spacial score (nSPS) is 24.6. The molecule has 0 spiro atoms. The second-order valence-corrected chi connectivity index (χ2v) is 7.74. The Morgan fingerprint density at radius 1 is 1.28 bits per heavy atom. The highest BCUT2D eigenvalue weighted by molar-refractivity contribution is 5.76. The molecule has 2 amide bonds. The molecule has 0 aromatic heterocycles. The molecule has 2 fully saturated rings. The van der Waals surface area contributed by atoms with E-state index < -0.39 is 11.9 Å². The molecule has 6 heteroatoms. The zero-order valence-corrected chi connectivity index (χ0v) is 14.5. The molecule has 2 N–H and O–H groups in total. The third kappa shape index (κ3) is 4.50. The topological polar surface area (TPSA) is 69.6 Å². The van der Waals surface area contributed by atoms with Crippen molar-refractivity contribution in [2.75, 3.05) is 19.6 Å². The van der Waals surface area contributed by atoms with Crippen molar-refractivity contribution in [3.63, 3.8) is 0 Å². The van der Waals surface area contributed by atoms with E-state index in [0.717, 1.165) is 24.8 Å².